The van der Waals surface area contributed by atoms with E-state index in [1.807, 2.05) is 0 Å². The fourth-order valence-corrected chi connectivity index (χ4v) is 7.66. The molecule has 0 amide bonds. The van der Waals surface area contributed by atoms with Crippen LogP contribution in [0.2, 0.25) is 0 Å². The first-order valence-corrected chi connectivity index (χ1v) is 18.0. The van der Waals surface area contributed by atoms with Crippen molar-refractivity contribution in [2.24, 2.45) is 0 Å². The summed E-state index contributed by atoms with van der Waals surface area (Å²) in [7, 11) is 0. The van der Waals surface area contributed by atoms with Crippen molar-refractivity contribution >= 4 is 59.5 Å². The molecule has 10 aromatic rings. The minimum absolute atomic E-state index is 1.10. The first-order valence-electron chi connectivity index (χ1n) is 17.2. The van der Waals surface area contributed by atoms with E-state index in [2.05, 4.69) is 225 Å². The van der Waals surface area contributed by atoms with Gasteiger partial charge in [0.2, 0.25) is 0 Å². The van der Waals surface area contributed by atoms with Crippen LogP contribution in [-0.2, 0) is 0 Å². The third kappa shape index (κ3) is 5.72. The zero-order valence-corrected chi connectivity index (χ0v) is 29.4. The van der Waals surface area contributed by atoms with E-state index in [-0.39, 0.29) is 0 Å². The van der Waals surface area contributed by atoms with Crippen LogP contribution in [0.1, 0.15) is 0 Å². The predicted molar refractivity (Wildman–Crippen MR) is 220 cm³/mol. The van der Waals surface area contributed by atoms with Crippen molar-refractivity contribution in [3.8, 4) is 33.6 Å². The van der Waals surface area contributed by atoms with Crippen molar-refractivity contribution < 1.29 is 0 Å². The number of rotatable bonds is 4. The van der Waals surface area contributed by atoms with Gasteiger partial charge in [-0.3, -0.25) is 0 Å². The number of fused-ring (bicyclic) bond motifs is 6. The lowest BCUT2D eigenvalue weighted by Gasteiger charge is -2.08. The molecular formula is C48H33BrN2. The number of benzene rings is 8. The first kappa shape index (κ1) is 30.9. The predicted octanol–water partition coefficient (Wildman–Crippen LogP) is 13.7. The average Bonchev–Trinajstić information content (AvgIpc) is 3.71. The Kier molecular flexibility index (Phi) is 8.04. The van der Waals surface area contributed by atoms with Gasteiger partial charge >= 0.3 is 0 Å². The second-order valence-electron chi connectivity index (χ2n) is 12.7. The first-order chi connectivity index (χ1) is 25.2. The molecule has 2 nitrogen and oxygen atoms in total. The second-order valence-corrected chi connectivity index (χ2v) is 13.6. The van der Waals surface area contributed by atoms with E-state index >= 15 is 0 Å². The van der Waals surface area contributed by atoms with Gasteiger partial charge in [-0.05, 0) is 95.1 Å². The summed E-state index contributed by atoms with van der Waals surface area (Å²) in [6.45, 7) is 0. The topological polar surface area (TPSA) is 9.86 Å². The molecular weight excluding hydrogens is 684 g/mol. The van der Waals surface area contributed by atoms with Crippen molar-refractivity contribution in [2.45, 2.75) is 0 Å². The highest BCUT2D eigenvalue weighted by atomic mass is 79.9. The van der Waals surface area contributed by atoms with E-state index in [1.165, 1.54) is 77.2 Å². The molecule has 0 spiro atoms. The molecule has 0 N–H and O–H groups in total. The van der Waals surface area contributed by atoms with Gasteiger partial charge in [0.15, 0.2) is 0 Å². The molecule has 0 aliphatic rings. The van der Waals surface area contributed by atoms with Gasteiger partial charge in [0.25, 0.3) is 0 Å². The minimum atomic E-state index is 1.10. The van der Waals surface area contributed by atoms with E-state index < -0.39 is 0 Å². The van der Waals surface area contributed by atoms with Gasteiger partial charge in [-0.2, -0.15) is 0 Å². The van der Waals surface area contributed by atoms with Crippen LogP contribution in [0.5, 0.6) is 0 Å². The summed E-state index contributed by atoms with van der Waals surface area (Å²) < 4.78 is 5.79. The standard InChI is InChI=1S/C24H16BrN.C24H17N/c25-19-12-14-24-22(16-19)21-15-18(17-7-3-1-4-8-17)11-13-23(21)26(24)20-9-5-2-6-10-20;1-3-9-18(10-4-1)19-15-16-24-22(17-19)21-13-7-8-14-23(21)25(24)20-11-5-2-6-12-20/h1-16H;1-17H. The summed E-state index contributed by atoms with van der Waals surface area (Å²) >= 11 is 3.64. The van der Waals surface area contributed by atoms with Gasteiger partial charge in [0, 0.05) is 37.4 Å². The Balaban J connectivity index is 0.000000137. The lowest BCUT2D eigenvalue weighted by molar-refractivity contribution is 1.18. The number of hydrogen-bond acceptors (Lipinski definition) is 0. The van der Waals surface area contributed by atoms with Crippen LogP contribution in [0.25, 0.3) is 77.2 Å². The molecule has 0 aliphatic carbocycles. The van der Waals surface area contributed by atoms with Crippen LogP contribution >= 0.6 is 15.9 Å². The van der Waals surface area contributed by atoms with Gasteiger partial charge in [0.1, 0.15) is 0 Å². The summed E-state index contributed by atoms with van der Waals surface area (Å²) in [5, 5.41) is 5.11. The monoisotopic (exact) mass is 716 g/mol. The van der Waals surface area contributed by atoms with Crippen LogP contribution in [0, 0.1) is 0 Å². The molecule has 242 valence electrons. The van der Waals surface area contributed by atoms with E-state index in [0.29, 0.717) is 0 Å². The summed E-state index contributed by atoms with van der Waals surface area (Å²) in [5.74, 6) is 0. The summed E-state index contributed by atoms with van der Waals surface area (Å²) in [4.78, 5) is 0. The molecule has 0 saturated heterocycles. The zero-order valence-electron chi connectivity index (χ0n) is 27.8. The summed E-state index contributed by atoms with van der Waals surface area (Å²) in [5.41, 5.74) is 12.3. The molecule has 2 aromatic heterocycles. The van der Waals surface area contributed by atoms with Crippen molar-refractivity contribution in [3.63, 3.8) is 0 Å². The second kappa shape index (κ2) is 13.3. The molecule has 10 rings (SSSR count). The molecule has 0 bridgehead atoms. The Labute approximate surface area is 305 Å². The highest BCUT2D eigenvalue weighted by Gasteiger charge is 2.14. The Morgan fingerprint density at radius 2 is 0.647 bits per heavy atom. The van der Waals surface area contributed by atoms with E-state index in [0.717, 1.165) is 4.47 Å². The Morgan fingerprint density at radius 3 is 1.16 bits per heavy atom. The third-order valence-corrected chi connectivity index (χ3v) is 10.1. The Hall–Kier alpha value is -6.16. The summed E-state index contributed by atoms with van der Waals surface area (Å²) in [6.07, 6.45) is 0. The molecule has 2 heterocycles. The molecule has 0 atom stereocenters. The number of para-hydroxylation sites is 3. The molecule has 0 radical (unpaired) electrons. The van der Waals surface area contributed by atoms with Crippen molar-refractivity contribution in [1.82, 2.24) is 9.13 Å². The molecule has 3 heteroatoms. The number of halogens is 1. The SMILES string of the molecule is Brc1ccc2c(c1)c1cc(-c3ccccc3)ccc1n2-c1ccccc1.c1ccc(-c2ccc3c(c2)c2ccccc2n3-c2ccccc2)cc1. The van der Waals surface area contributed by atoms with Crippen LogP contribution in [0.15, 0.2) is 205 Å². The molecule has 0 aliphatic heterocycles. The normalized spacial score (nSPS) is 11.2. The maximum absolute atomic E-state index is 3.64. The van der Waals surface area contributed by atoms with Gasteiger partial charge in [0.05, 0.1) is 22.1 Å². The Morgan fingerprint density at radius 1 is 0.275 bits per heavy atom. The largest absolute Gasteiger partial charge is 0.309 e. The van der Waals surface area contributed by atoms with E-state index in [4.69, 9.17) is 0 Å². The lowest BCUT2D eigenvalue weighted by Crippen LogP contribution is -1.92. The number of nitrogens with zero attached hydrogens (tertiary/aromatic N) is 2. The summed E-state index contributed by atoms with van der Waals surface area (Å²) in [6, 6.07) is 70.9. The minimum Gasteiger partial charge on any atom is -0.309 e. The Bertz CT molecular complexity index is 2780. The molecule has 0 unspecified atom stereocenters. The molecule has 0 fully saturated rings. The van der Waals surface area contributed by atoms with Crippen molar-refractivity contribution in [2.75, 3.05) is 0 Å². The fourth-order valence-electron chi connectivity index (χ4n) is 7.30. The van der Waals surface area contributed by atoms with Crippen LogP contribution in [0.4, 0.5) is 0 Å². The van der Waals surface area contributed by atoms with Crippen LogP contribution in [0.3, 0.4) is 0 Å². The number of aromatic nitrogens is 2. The van der Waals surface area contributed by atoms with Crippen molar-refractivity contribution in [3.05, 3.63) is 205 Å². The van der Waals surface area contributed by atoms with Gasteiger partial charge in [-0.1, -0.05) is 143 Å². The van der Waals surface area contributed by atoms with Crippen molar-refractivity contribution in [1.29, 1.82) is 0 Å². The maximum Gasteiger partial charge on any atom is 0.0541 e. The lowest BCUT2D eigenvalue weighted by atomic mass is 10.0. The highest BCUT2D eigenvalue weighted by molar-refractivity contribution is 9.10. The van der Waals surface area contributed by atoms with Gasteiger partial charge in [-0.25, -0.2) is 0 Å². The number of hydrogen-bond donors (Lipinski definition) is 0. The molecule has 51 heavy (non-hydrogen) atoms. The van der Waals surface area contributed by atoms with E-state index in [1.54, 1.807) is 0 Å². The molecule has 8 aromatic carbocycles. The van der Waals surface area contributed by atoms with E-state index in [9.17, 15) is 0 Å². The molecule has 0 saturated carbocycles. The third-order valence-electron chi connectivity index (χ3n) is 9.64. The smallest absolute Gasteiger partial charge is 0.0541 e. The van der Waals surface area contributed by atoms with Crippen LogP contribution in [-0.4, -0.2) is 9.13 Å². The zero-order chi connectivity index (χ0) is 34.1. The highest BCUT2D eigenvalue weighted by Crippen LogP contribution is 2.37. The van der Waals surface area contributed by atoms with Crippen LogP contribution < -0.4 is 0 Å². The average molecular weight is 718 g/mol. The fraction of sp³-hybridized carbons (Fsp3) is 0. The van der Waals surface area contributed by atoms with Gasteiger partial charge < -0.3 is 9.13 Å². The quantitative estimate of drug-likeness (QED) is 0.172. The van der Waals surface area contributed by atoms with Gasteiger partial charge in [-0.15, -0.1) is 0 Å². The maximum atomic E-state index is 3.64.